The minimum Gasteiger partial charge on any atom is -0.445 e. The molecule has 7 nitrogen and oxygen atoms in total. The number of rotatable bonds is 6. The summed E-state index contributed by atoms with van der Waals surface area (Å²) >= 11 is 0. The number of carbonyl (C=O) groups excluding carboxylic acids is 2. The molecule has 0 amide bonds. The van der Waals surface area contributed by atoms with Crippen LogP contribution in [0.1, 0.15) is 32.4 Å². The fourth-order valence-corrected chi connectivity index (χ4v) is 2.86. The van der Waals surface area contributed by atoms with Crippen LogP contribution in [-0.4, -0.2) is 32.0 Å². The summed E-state index contributed by atoms with van der Waals surface area (Å²) in [6.45, 7) is 0. The van der Waals surface area contributed by atoms with Gasteiger partial charge in [0.15, 0.2) is 6.10 Å². The molecule has 0 spiro atoms. The summed E-state index contributed by atoms with van der Waals surface area (Å²) < 4.78 is 7.11. The number of aromatic nitrogens is 4. The van der Waals surface area contributed by atoms with Gasteiger partial charge < -0.3 is 4.74 Å². The number of Topliss-reactive ketones (excluding diaryl/α,β-unsaturated/α-hetero) is 1. The first-order chi connectivity index (χ1) is 14.2. The monoisotopic (exact) mass is 384 g/mol. The Bertz CT molecular complexity index is 1100. The maximum Gasteiger partial charge on any atom is 0.339 e. The number of ether oxygens (including phenoxy) is 1. The molecule has 0 N–H and O–H groups in total. The van der Waals surface area contributed by atoms with E-state index in [1.807, 2.05) is 12.1 Å². The van der Waals surface area contributed by atoms with Gasteiger partial charge in [-0.05, 0) is 34.7 Å². The van der Waals surface area contributed by atoms with Crippen molar-refractivity contribution in [3.05, 3.63) is 108 Å². The Morgan fingerprint density at radius 3 is 2.07 bits per heavy atom. The quantitative estimate of drug-likeness (QED) is 0.374. The van der Waals surface area contributed by atoms with Crippen molar-refractivity contribution in [1.82, 2.24) is 20.2 Å². The number of benzene rings is 3. The summed E-state index contributed by atoms with van der Waals surface area (Å²) in [5.74, 6) is -0.873. The summed E-state index contributed by atoms with van der Waals surface area (Å²) in [4.78, 5) is 25.8. The molecule has 7 heteroatoms. The van der Waals surface area contributed by atoms with E-state index in [-0.39, 0.29) is 5.78 Å². The van der Waals surface area contributed by atoms with Crippen LogP contribution in [0.25, 0.3) is 5.69 Å². The fourth-order valence-electron chi connectivity index (χ4n) is 2.86. The smallest absolute Gasteiger partial charge is 0.339 e. The summed E-state index contributed by atoms with van der Waals surface area (Å²) in [5, 5.41) is 11.0. The van der Waals surface area contributed by atoms with E-state index in [1.54, 1.807) is 72.8 Å². The SMILES string of the molecule is O=C(O[C@@H](C(=O)c1ccccc1)c1ccccc1)c1ccc(-n2cnnn2)cc1. The molecule has 4 aromatic rings. The van der Waals surface area contributed by atoms with Crippen LogP contribution >= 0.6 is 0 Å². The first kappa shape index (κ1) is 18.2. The lowest BCUT2D eigenvalue weighted by molar-refractivity contribution is 0.0280. The van der Waals surface area contributed by atoms with Gasteiger partial charge in [0.25, 0.3) is 0 Å². The Morgan fingerprint density at radius 1 is 0.793 bits per heavy atom. The number of nitrogens with zero attached hydrogens (tertiary/aromatic N) is 4. The molecule has 0 saturated heterocycles. The fraction of sp³-hybridized carbons (Fsp3) is 0.0455. The molecular weight excluding hydrogens is 368 g/mol. The molecule has 29 heavy (non-hydrogen) atoms. The molecule has 0 unspecified atom stereocenters. The van der Waals surface area contributed by atoms with Gasteiger partial charge in [0.1, 0.15) is 6.33 Å². The highest BCUT2D eigenvalue weighted by atomic mass is 16.5. The number of esters is 1. The molecule has 0 fully saturated rings. The molecule has 1 atom stereocenters. The first-order valence-corrected chi connectivity index (χ1v) is 8.91. The third-order valence-electron chi connectivity index (χ3n) is 4.34. The lowest BCUT2D eigenvalue weighted by Crippen LogP contribution is -2.20. The van der Waals surface area contributed by atoms with E-state index in [2.05, 4.69) is 15.5 Å². The van der Waals surface area contributed by atoms with E-state index in [9.17, 15) is 9.59 Å². The van der Waals surface area contributed by atoms with Gasteiger partial charge in [-0.3, -0.25) is 4.79 Å². The standard InChI is InChI=1S/C22H16N4O3/c27-20(16-7-3-1-4-8-16)21(17-9-5-2-6-10-17)29-22(28)18-11-13-19(14-12-18)26-15-23-24-25-26/h1-15,21H/t21-/m1/s1. The normalized spacial score (nSPS) is 11.6. The van der Waals surface area contributed by atoms with Gasteiger partial charge in [-0.25, -0.2) is 9.48 Å². The van der Waals surface area contributed by atoms with Gasteiger partial charge in [0.05, 0.1) is 11.3 Å². The highest BCUT2D eigenvalue weighted by Gasteiger charge is 2.26. The number of carbonyl (C=O) groups is 2. The van der Waals surface area contributed by atoms with Crippen LogP contribution in [0.15, 0.2) is 91.3 Å². The summed E-state index contributed by atoms with van der Waals surface area (Å²) in [6.07, 6.45) is 0.419. The van der Waals surface area contributed by atoms with E-state index in [0.29, 0.717) is 22.4 Å². The maximum absolute atomic E-state index is 13.0. The van der Waals surface area contributed by atoms with Crippen LogP contribution in [0, 0.1) is 0 Å². The highest BCUT2D eigenvalue weighted by Crippen LogP contribution is 2.24. The molecule has 0 bridgehead atoms. The molecule has 1 aromatic heterocycles. The molecule has 3 aromatic carbocycles. The summed E-state index contributed by atoms with van der Waals surface area (Å²) in [7, 11) is 0. The minimum absolute atomic E-state index is 0.282. The Balaban J connectivity index is 1.59. The largest absolute Gasteiger partial charge is 0.445 e. The van der Waals surface area contributed by atoms with Crippen LogP contribution in [-0.2, 0) is 4.74 Å². The van der Waals surface area contributed by atoms with E-state index >= 15 is 0 Å². The Hall–Kier alpha value is -4.13. The maximum atomic E-state index is 13.0. The summed E-state index contributed by atoms with van der Waals surface area (Å²) in [5.41, 5.74) is 2.11. The average molecular weight is 384 g/mol. The van der Waals surface area contributed by atoms with Crippen molar-refractivity contribution in [2.45, 2.75) is 6.10 Å². The third kappa shape index (κ3) is 4.08. The molecule has 0 saturated carbocycles. The van der Waals surface area contributed by atoms with E-state index in [1.165, 1.54) is 11.0 Å². The lowest BCUT2D eigenvalue weighted by Gasteiger charge is -2.17. The van der Waals surface area contributed by atoms with Crippen LogP contribution < -0.4 is 0 Å². The number of hydrogen-bond donors (Lipinski definition) is 0. The van der Waals surface area contributed by atoms with Crippen LogP contribution in [0.2, 0.25) is 0 Å². The van der Waals surface area contributed by atoms with Crippen molar-refractivity contribution >= 4 is 11.8 Å². The van der Waals surface area contributed by atoms with Crippen molar-refractivity contribution < 1.29 is 14.3 Å². The zero-order valence-electron chi connectivity index (χ0n) is 15.3. The zero-order valence-corrected chi connectivity index (χ0v) is 15.3. The molecule has 1 heterocycles. The van der Waals surface area contributed by atoms with E-state index in [0.717, 1.165) is 0 Å². The number of hydrogen-bond acceptors (Lipinski definition) is 6. The molecule has 0 aliphatic heterocycles. The molecule has 142 valence electrons. The molecular formula is C22H16N4O3. The molecule has 4 rings (SSSR count). The summed E-state index contributed by atoms with van der Waals surface area (Å²) in [6, 6.07) is 24.4. The Labute approximate surface area is 166 Å². The second kappa shape index (κ2) is 8.26. The van der Waals surface area contributed by atoms with Gasteiger partial charge in [-0.15, -0.1) is 5.10 Å². The second-order valence-corrected chi connectivity index (χ2v) is 6.23. The van der Waals surface area contributed by atoms with Crippen molar-refractivity contribution in [3.63, 3.8) is 0 Å². The van der Waals surface area contributed by atoms with E-state index in [4.69, 9.17) is 4.74 Å². The van der Waals surface area contributed by atoms with Gasteiger partial charge in [-0.2, -0.15) is 0 Å². The van der Waals surface area contributed by atoms with Crippen LogP contribution in [0.4, 0.5) is 0 Å². The Kier molecular flexibility index (Phi) is 5.20. The number of tetrazole rings is 1. The van der Waals surface area contributed by atoms with Crippen molar-refractivity contribution in [3.8, 4) is 5.69 Å². The average Bonchev–Trinajstić information content (AvgIpc) is 3.33. The molecule has 0 radical (unpaired) electrons. The lowest BCUT2D eigenvalue weighted by atomic mass is 10.00. The van der Waals surface area contributed by atoms with Gasteiger partial charge in [-0.1, -0.05) is 60.7 Å². The van der Waals surface area contributed by atoms with Crippen molar-refractivity contribution in [1.29, 1.82) is 0 Å². The second-order valence-electron chi connectivity index (χ2n) is 6.23. The van der Waals surface area contributed by atoms with E-state index < -0.39 is 12.1 Å². The van der Waals surface area contributed by atoms with Crippen molar-refractivity contribution in [2.75, 3.05) is 0 Å². The highest BCUT2D eigenvalue weighted by molar-refractivity contribution is 6.02. The minimum atomic E-state index is -1.04. The van der Waals surface area contributed by atoms with Gasteiger partial charge in [0, 0.05) is 11.1 Å². The van der Waals surface area contributed by atoms with Crippen molar-refractivity contribution in [2.24, 2.45) is 0 Å². The zero-order chi connectivity index (χ0) is 20.1. The predicted octanol–water partition coefficient (Wildman–Crippen LogP) is 3.44. The number of ketones is 1. The molecule has 0 aliphatic carbocycles. The third-order valence-corrected chi connectivity index (χ3v) is 4.34. The predicted molar refractivity (Wildman–Crippen MR) is 105 cm³/mol. The molecule has 0 aliphatic rings. The first-order valence-electron chi connectivity index (χ1n) is 8.91. The van der Waals surface area contributed by atoms with Crippen LogP contribution in [0.3, 0.4) is 0 Å². The van der Waals surface area contributed by atoms with Gasteiger partial charge in [0.2, 0.25) is 5.78 Å². The van der Waals surface area contributed by atoms with Crippen LogP contribution in [0.5, 0.6) is 0 Å². The van der Waals surface area contributed by atoms with Gasteiger partial charge >= 0.3 is 5.97 Å². The topological polar surface area (TPSA) is 87.0 Å². The Morgan fingerprint density at radius 2 is 1.45 bits per heavy atom.